The summed E-state index contributed by atoms with van der Waals surface area (Å²) in [6.07, 6.45) is 1.31. The van der Waals surface area contributed by atoms with Gasteiger partial charge in [-0.05, 0) is 49.4 Å². The Kier molecular flexibility index (Phi) is 6.67. The average Bonchev–Trinajstić information content (AvgIpc) is 2.75. The number of carbonyl (C=O) groups is 1. The number of carboxylic acid groups (broad SMARTS) is 1. The van der Waals surface area contributed by atoms with Crippen LogP contribution in [0.25, 0.3) is 6.08 Å². The molecule has 0 heterocycles. The summed E-state index contributed by atoms with van der Waals surface area (Å²) < 4.78 is 30.4. The molecule has 164 valence electrons. The van der Waals surface area contributed by atoms with E-state index in [4.69, 9.17) is 4.74 Å². The number of aryl methyl sites for hydroxylation is 1. The number of anilines is 2. The molecule has 0 saturated carbocycles. The van der Waals surface area contributed by atoms with Gasteiger partial charge in [-0.2, -0.15) is 0 Å². The lowest BCUT2D eigenvalue weighted by atomic mass is 10.1. The van der Waals surface area contributed by atoms with Gasteiger partial charge in [-0.1, -0.05) is 30.4 Å². The minimum Gasteiger partial charge on any atom is -0.755 e. The minimum atomic E-state index is -2.79. The number of rotatable bonds is 8. The largest absolute Gasteiger partial charge is 0.755 e. The van der Waals surface area contributed by atoms with Gasteiger partial charge in [0.15, 0.2) is 0 Å². The molecule has 0 aromatic heterocycles. The second-order valence-corrected chi connectivity index (χ2v) is 7.41. The second kappa shape index (κ2) is 9.41. The quantitative estimate of drug-likeness (QED) is 0.289. The van der Waals surface area contributed by atoms with Crippen LogP contribution < -0.4 is 9.04 Å². The highest BCUT2D eigenvalue weighted by Crippen LogP contribution is 2.35. The number of nitro groups is 1. The van der Waals surface area contributed by atoms with Crippen molar-refractivity contribution in [1.82, 2.24) is 0 Å². The molecule has 0 amide bonds. The van der Waals surface area contributed by atoms with E-state index in [-0.39, 0.29) is 39.7 Å². The summed E-state index contributed by atoms with van der Waals surface area (Å²) in [4.78, 5) is 22.4. The zero-order valence-corrected chi connectivity index (χ0v) is 17.6. The molecule has 3 aromatic rings. The van der Waals surface area contributed by atoms with Crippen molar-refractivity contribution in [3.05, 3.63) is 94.0 Å². The number of hydrogen-bond acceptors (Lipinski definition) is 6. The summed E-state index contributed by atoms with van der Waals surface area (Å²) >= 11 is -2.79. The fourth-order valence-corrected chi connectivity index (χ4v) is 3.59. The van der Waals surface area contributed by atoms with E-state index in [2.05, 4.69) is 6.58 Å². The first-order valence-electron chi connectivity index (χ1n) is 9.13. The number of nitrogens with zero attached hydrogens (tertiary/aromatic N) is 2. The van der Waals surface area contributed by atoms with Crippen LogP contribution in [-0.2, 0) is 11.3 Å². The molecule has 1 atom stereocenters. The van der Waals surface area contributed by atoms with Crippen LogP contribution in [0.5, 0.6) is 11.5 Å². The molecule has 0 saturated heterocycles. The molecule has 9 nitrogen and oxygen atoms in total. The predicted molar refractivity (Wildman–Crippen MR) is 119 cm³/mol. The van der Waals surface area contributed by atoms with Crippen LogP contribution in [0.4, 0.5) is 17.1 Å². The number of aromatic carboxylic acids is 1. The van der Waals surface area contributed by atoms with Gasteiger partial charge in [-0.3, -0.25) is 18.6 Å². The molecule has 1 N–H and O–H groups in total. The summed E-state index contributed by atoms with van der Waals surface area (Å²) in [5.41, 5.74) is 0.881. The third-order valence-corrected chi connectivity index (χ3v) is 5.19. The maximum atomic E-state index is 11.9. The molecule has 0 aliphatic heterocycles. The van der Waals surface area contributed by atoms with Gasteiger partial charge in [0, 0.05) is 6.07 Å². The van der Waals surface area contributed by atoms with E-state index in [1.54, 1.807) is 24.3 Å². The molecule has 0 spiro atoms. The van der Waals surface area contributed by atoms with Crippen molar-refractivity contribution < 1.29 is 28.3 Å². The van der Waals surface area contributed by atoms with Gasteiger partial charge < -0.3 is 14.4 Å². The third-order valence-electron chi connectivity index (χ3n) is 4.49. The van der Waals surface area contributed by atoms with Crippen LogP contribution in [0.15, 0.2) is 67.2 Å². The van der Waals surface area contributed by atoms with E-state index >= 15 is 0 Å². The Labute approximate surface area is 185 Å². The Morgan fingerprint density at radius 2 is 1.75 bits per heavy atom. The monoisotopic (exact) mass is 453 g/mol. The SMILES string of the molecule is C=Cc1cc(Oc2ccc(N(c3ccc(C)cc3)S(=O)[O-])c(C(=O)O)c2)ccc1[N+](=O)[O-]. The van der Waals surface area contributed by atoms with Crippen molar-refractivity contribution in [1.29, 1.82) is 0 Å². The van der Waals surface area contributed by atoms with E-state index in [1.807, 2.05) is 6.92 Å². The van der Waals surface area contributed by atoms with Crippen LogP contribution in [0.1, 0.15) is 21.5 Å². The molecular formula is C22H17N2O7S-. The van der Waals surface area contributed by atoms with Gasteiger partial charge in [-0.25, -0.2) is 4.79 Å². The van der Waals surface area contributed by atoms with Crippen LogP contribution in [-0.4, -0.2) is 24.8 Å². The van der Waals surface area contributed by atoms with E-state index in [0.29, 0.717) is 0 Å². The number of carboxylic acids is 1. The Hall–Kier alpha value is -4.02. The van der Waals surface area contributed by atoms with Crippen molar-refractivity contribution in [3.63, 3.8) is 0 Å². The van der Waals surface area contributed by atoms with Gasteiger partial charge in [-0.15, -0.1) is 0 Å². The lowest BCUT2D eigenvalue weighted by molar-refractivity contribution is -0.385. The maximum absolute atomic E-state index is 11.9. The molecule has 10 heteroatoms. The first-order chi connectivity index (χ1) is 15.2. The fourth-order valence-electron chi connectivity index (χ4n) is 2.97. The molecule has 0 fully saturated rings. The molecule has 1 unspecified atom stereocenters. The zero-order valence-electron chi connectivity index (χ0n) is 16.8. The minimum absolute atomic E-state index is 0.0717. The highest BCUT2D eigenvalue weighted by atomic mass is 32.2. The standard InChI is InChI=1S/C22H18N2O7S/c1-3-15-12-17(8-10-20(15)24(27)28)31-18-9-11-21(19(13-18)22(25)26)23(32(29)30)16-6-4-14(2)5-7-16/h3-13H,1H2,2H3,(H,25,26)(H,29,30)/p-1. The predicted octanol–water partition coefficient (Wildman–Crippen LogP) is 4.97. The third kappa shape index (κ3) is 4.82. The van der Waals surface area contributed by atoms with Crippen LogP contribution in [0.3, 0.4) is 0 Å². The number of benzene rings is 3. The molecule has 3 aromatic carbocycles. The van der Waals surface area contributed by atoms with Crippen molar-refractivity contribution in [2.24, 2.45) is 0 Å². The van der Waals surface area contributed by atoms with E-state index in [9.17, 15) is 28.8 Å². The molecular weight excluding hydrogens is 436 g/mol. The summed E-state index contributed by atoms with van der Waals surface area (Å²) in [6, 6.07) is 14.5. The smallest absolute Gasteiger partial charge is 0.337 e. The lowest BCUT2D eigenvalue weighted by Crippen LogP contribution is -2.22. The van der Waals surface area contributed by atoms with E-state index < -0.39 is 22.2 Å². The number of hydrogen-bond donors (Lipinski definition) is 1. The number of ether oxygens (including phenoxy) is 1. The highest BCUT2D eigenvalue weighted by Gasteiger charge is 2.20. The van der Waals surface area contributed by atoms with E-state index in [1.165, 1.54) is 42.5 Å². The van der Waals surface area contributed by atoms with Crippen LogP contribution in [0, 0.1) is 17.0 Å². The first kappa shape index (κ1) is 22.7. The van der Waals surface area contributed by atoms with Gasteiger partial charge in [0.25, 0.3) is 5.69 Å². The molecule has 32 heavy (non-hydrogen) atoms. The van der Waals surface area contributed by atoms with Gasteiger partial charge in [0.2, 0.25) is 0 Å². The summed E-state index contributed by atoms with van der Waals surface area (Å²) in [5.74, 6) is -1.03. The molecule has 0 aliphatic rings. The van der Waals surface area contributed by atoms with Crippen molar-refractivity contribution in [3.8, 4) is 11.5 Å². The highest BCUT2D eigenvalue weighted by molar-refractivity contribution is 7.81. The Balaban J connectivity index is 2.01. The topological polar surface area (TPSA) is 133 Å². The zero-order chi connectivity index (χ0) is 23.4. The summed E-state index contributed by atoms with van der Waals surface area (Å²) in [6.45, 7) is 5.38. The Morgan fingerprint density at radius 1 is 1.12 bits per heavy atom. The Bertz CT molecular complexity index is 1230. The summed E-state index contributed by atoms with van der Waals surface area (Å²) in [7, 11) is 0. The average molecular weight is 453 g/mol. The maximum Gasteiger partial charge on any atom is 0.337 e. The second-order valence-electron chi connectivity index (χ2n) is 6.62. The Morgan fingerprint density at radius 3 is 2.31 bits per heavy atom. The van der Waals surface area contributed by atoms with Gasteiger partial charge in [0.05, 0.1) is 38.7 Å². The fraction of sp³-hybridized carbons (Fsp3) is 0.0455. The number of nitro benzene ring substituents is 1. The van der Waals surface area contributed by atoms with Crippen LogP contribution in [0.2, 0.25) is 0 Å². The van der Waals surface area contributed by atoms with Crippen molar-refractivity contribution in [2.45, 2.75) is 6.92 Å². The molecule has 3 rings (SSSR count). The lowest BCUT2D eigenvalue weighted by Gasteiger charge is -2.28. The van der Waals surface area contributed by atoms with Gasteiger partial charge in [0.1, 0.15) is 11.5 Å². The normalized spacial score (nSPS) is 11.4. The van der Waals surface area contributed by atoms with Crippen molar-refractivity contribution in [2.75, 3.05) is 4.31 Å². The molecule has 0 aliphatic carbocycles. The molecule has 0 bridgehead atoms. The molecule has 0 radical (unpaired) electrons. The van der Waals surface area contributed by atoms with Crippen molar-refractivity contribution >= 4 is 40.4 Å². The van der Waals surface area contributed by atoms with E-state index in [0.717, 1.165) is 9.87 Å². The first-order valence-corrected chi connectivity index (χ1v) is 10.2. The van der Waals surface area contributed by atoms with Gasteiger partial charge >= 0.3 is 5.97 Å². The van der Waals surface area contributed by atoms with Crippen LogP contribution >= 0.6 is 0 Å². The summed E-state index contributed by atoms with van der Waals surface area (Å²) in [5, 5.41) is 20.7.